The number of nitrogens with one attached hydrogen (secondary N) is 1. The SMILES string of the molecule is CCc1cc(Br)ccc1NCCC(=O)N(C)C. The highest BCUT2D eigenvalue weighted by molar-refractivity contribution is 9.10. The largest absolute Gasteiger partial charge is 0.384 e. The summed E-state index contributed by atoms with van der Waals surface area (Å²) in [5.41, 5.74) is 2.37. The van der Waals surface area contributed by atoms with Crippen LogP contribution in [0.5, 0.6) is 0 Å². The van der Waals surface area contributed by atoms with Crippen LogP contribution in [0.1, 0.15) is 18.9 Å². The highest BCUT2D eigenvalue weighted by atomic mass is 79.9. The second-order valence-corrected chi connectivity index (χ2v) is 5.04. The van der Waals surface area contributed by atoms with Crippen LogP contribution in [-0.2, 0) is 11.2 Å². The maximum absolute atomic E-state index is 11.4. The van der Waals surface area contributed by atoms with Gasteiger partial charge in [0, 0.05) is 37.2 Å². The minimum absolute atomic E-state index is 0.146. The van der Waals surface area contributed by atoms with Gasteiger partial charge >= 0.3 is 0 Å². The average Bonchev–Trinajstić information content (AvgIpc) is 2.30. The smallest absolute Gasteiger partial charge is 0.223 e. The lowest BCUT2D eigenvalue weighted by Gasteiger charge is -2.13. The Labute approximate surface area is 111 Å². The molecule has 0 bridgehead atoms. The van der Waals surface area contributed by atoms with Gasteiger partial charge in [-0.05, 0) is 30.2 Å². The van der Waals surface area contributed by atoms with Crippen molar-refractivity contribution in [2.45, 2.75) is 19.8 Å². The fourth-order valence-corrected chi connectivity index (χ4v) is 1.96. The molecule has 1 amide bonds. The summed E-state index contributed by atoms with van der Waals surface area (Å²) in [6.07, 6.45) is 1.50. The normalized spacial score (nSPS) is 10.1. The molecular weight excluding hydrogens is 280 g/mol. The number of amides is 1. The van der Waals surface area contributed by atoms with Crippen molar-refractivity contribution in [3.05, 3.63) is 28.2 Å². The number of nitrogens with zero attached hydrogens (tertiary/aromatic N) is 1. The van der Waals surface area contributed by atoms with E-state index >= 15 is 0 Å². The first-order valence-corrected chi connectivity index (χ1v) is 6.56. The number of anilines is 1. The number of rotatable bonds is 5. The van der Waals surface area contributed by atoms with Crippen LogP contribution in [0.15, 0.2) is 22.7 Å². The van der Waals surface area contributed by atoms with Gasteiger partial charge in [0.05, 0.1) is 0 Å². The Morgan fingerprint density at radius 2 is 2.12 bits per heavy atom. The topological polar surface area (TPSA) is 32.3 Å². The zero-order valence-corrected chi connectivity index (χ0v) is 12.2. The molecule has 0 aliphatic rings. The van der Waals surface area contributed by atoms with Crippen LogP contribution >= 0.6 is 15.9 Å². The summed E-state index contributed by atoms with van der Waals surface area (Å²) in [5, 5.41) is 3.31. The zero-order valence-electron chi connectivity index (χ0n) is 10.6. The third kappa shape index (κ3) is 4.38. The van der Waals surface area contributed by atoms with E-state index in [0.717, 1.165) is 16.6 Å². The lowest BCUT2D eigenvalue weighted by Crippen LogP contribution is -2.24. The molecule has 1 aromatic carbocycles. The van der Waals surface area contributed by atoms with Crippen molar-refractivity contribution in [2.75, 3.05) is 26.0 Å². The standard InChI is InChI=1S/C13H19BrN2O/c1-4-10-9-11(14)5-6-12(10)15-8-7-13(17)16(2)3/h5-6,9,15H,4,7-8H2,1-3H3. The number of carbonyl (C=O) groups is 1. The molecule has 94 valence electrons. The summed E-state index contributed by atoms with van der Waals surface area (Å²) in [7, 11) is 3.55. The van der Waals surface area contributed by atoms with E-state index in [1.54, 1.807) is 19.0 Å². The highest BCUT2D eigenvalue weighted by Crippen LogP contribution is 2.21. The highest BCUT2D eigenvalue weighted by Gasteiger charge is 2.05. The summed E-state index contributed by atoms with van der Waals surface area (Å²) < 4.78 is 1.09. The molecule has 3 nitrogen and oxygen atoms in total. The van der Waals surface area contributed by atoms with Crippen molar-refractivity contribution >= 4 is 27.5 Å². The average molecular weight is 299 g/mol. The quantitative estimate of drug-likeness (QED) is 0.906. The maximum Gasteiger partial charge on any atom is 0.223 e. The van der Waals surface area contributed by atoms with E-state index in [0.29, 0.717) is 13.0 Å². The second kappa shape index (κ2) is 6.64. The molecule has 1 rings (SSSR count). The molecule has 0 fully saturated rings. The van der Waals surface area contributed by atoms with E-state index in [4.69, 9.17) is 0 Å². The molecule has 0 heterocycles. The van der Waals surface area contributed by atoms with Gasteiger partial charge in [0.15, 0.2) is 0 Å². The molecule has 1 N–H and O–H groups in total. The number of hydrogen-bond donors (Lipinski definition) is 1. The Hall–Kier alpha value is -1.03. The van der Waals surface area contributed by atoms with E-state index in [1.807, 2.05) is 12.1 Å². The molecule has 0 saturated heterocycles. The number of benzene rings is 1. The number of halogens is 1. The summed E-state index contributed by atoms with van der Waals surface area (Å²) in [4.78, 5) is 13.0. The molecule has 0 saturated carbocycles. The molecule has 0 unspecified atom stereocenters. The minimum atomic E-state index is 0.146. The number of carbonyl (C=O) groups excluding carboxylic acids is 1. The molecule has 0 aromatic heterocycles. The molecule has 0 aliphatic heterocycles. The van der Waals surface area contributed by atoms with Crippen molar-refractivity contribution < 1.29 is 4.79 Å². The summed E-state index contributed by atoms with van der Waals surface area (Å²) in [6, 6.07) is 6.16. The van der Waals surface area contributed by atoms with Crippen molar-refractivity contribution in [1.82, 2.24) is 4.90 Å². The fraction of sp³-hybridized carbons (Fsp3) is 0.462. The van der Waals surface area contributed by atoms with E-state index < -0.39 is 0 Å². The monoisotopic (exact) mass is 298 g/mol. The van der Waals surface area contributed by atoms with Crippen LogP contribution in [0.25, 0.3) is 0 Å². The molecule has 0 aliphatic carbocycles. The lowest BCUT2D eigenvalue weighted by atomic mass is 10.1. The van der Waals surface area contributed by atoms with Crippen LogP contribution in [0.4, 0.5) is 5.69 Å². The van der Waals surface area contributed by atoms with Crippen LogP contribution in [0.3, 0.4) is 0 Å². The third-order valence-electron chi connectivity index (χ3n) is 2.60. The van der Waals surface area contributed by atoms with Gasteiger partial charge in [-0.2, -0.15) is 0 Å². The fourth-order valence-electron chi connectivity index (χ4n) is 1.55. The summed E-state index contributed by atoms with van der Waals surface area (Å²) >= 11 is 3.46. The second-order valence-electron chi connectivity index (χ2n) is 4.12. The maximum atomic E-state index is 11.4. The minimum Gasteiger partial charge on any atom is -0.384 e. The van der Waals surface area contributed by atoms with Crippen LogP contribution in [-0.4, -0.2) is 31.4 Å². The van der Waals surface area contributed by atoms with E-state index in [1.165, 1.54) is 5.56 Å². The third-order valence-corrected chi connectivity index (χ3v) is 3.09. The first-order valence-electron chi connectivity index (χ1n) is 5.77. The Morgan fingerprint density at radius 1 is 1.41 bits per heavy atom. The predicted molar refractivity (Wildman–Crippen MR) is 75.3 cm³/mol. The van der Waals surface area contributed by atoms with Gasteiger partial charge in [-0.1, -0.05) is 22.9 Å². The van der Waals surface area contributed by atoms with Gasteiger partial charge in [0.1, 0.15) is 0 Å². The van der Waals surface area contributed by atoms with E-state index in [2.05, 4.69) is 34.2 Å². The van der Waals surface area contributed by atoms with Gasteiger partial charge < -0.3 is 10.2 Å². The van der Waals surface area contributed by atoms with Gasteiger partial charge in [0.2, 0.25) is 5.91 Å². The number of aryl methyl sites for hydroxylation is 1. The first-order chi connectivity index (χ1) is 8.04. The van der Waals surface area contributed by atoms with Gasteiger partial charge in [0.25, 0.3) is 0 Å². The molecular formula is C13H19BrN2O. The van der Waals surface area contributed by atoms with Gasteiger partial charge in [-0.15, -0.1) is 0 Å². The predicted octanol–water partition coefficient (Wildman–Crippen LogP) is 2.90. The number of hydrogen-bond acceptors (Lipinski definition) is 2. The van der Waals surface area contributed by atoms with Crippen LogP contribution < -0.4 is 5.32 Å². The molecule has 1 aromatic rings. The summed E-state index contributed by atoms with van der Waals surface area (Å²) in [5.74, 6) is 0.146. The zero-order chi connectivity index (χ0) is 12.8. The van der Waals surface area contributed by atoms with E-state index in [-0.39, 0.29) is 5.91 Å². The molecule has 17 heavy (non-hydrogen) atoms. The van der Waals surface area contributed by atoms with Crippen molar-refractivity contribution in [3.8, 4) is 0 Å². The Balaban J connectivity index is 2.54. The van der Waals surface area contributed by atoms with Crippen LogP contribution in [0.2, 0.25) is 0 Å². The van der Waals surface area contributed by atoms with E-state index in [9.17, 15) is 4.79 Å². The van der Waals surface area contributed by atoms with Crippen molar-refractivity contribution in [3.63, 3.8) is 0 Å². The molecule has 0 spiro atoms. The Kier molecular flexibility index (Phi) is 5.48. The Morgan fingerprint density at radius 3 is 2.71 bits per heavy atom. The first kappa shape index (κ1) is 14.0. The van der Waals surface area contributed by atoms with Gasteiger partial charge in [-0.25, -0.2) is 0 Å². The molecule has 0 atom stereocenters. The lowest BCUT2D eigenvalue weighted by molar-refractivity contribution is -0.128. The molecule has 4 heteroatoms. The van der Waals surface area contributed by atoms with Crippen molar-refractivity contribution in [1.29, 1.82) is 0 Å². The summed E-state index contributed by atoms with van der Waals surface area (Å²) in [6.45, 7) is 2.80. The Bertz CT molecular complexity index is 391. The molecule has 0 radical (unpaired) electrons. The van der Waals surface area contributed by atoms with Crippen molar-refractivity contribution in [2.24, 2.45) is 0 Å². The van der Waals surface area contributed by atoms with Crippen LogP contribution in [0, 0.1) is 0 Å². The van der Waals surface area contributed by atoms with Gasteiger partial charge in [-0.3, -0.25) is 4.79 Å².